The zero-order valence-corrected chi connectivity index (χ0v) is 8.06. The molecule has 0 heterocycles. The van der Waals surface area contributed by atoms with Crippen molar-refractivity contribution in [1.29, 1.82) is 0 Å². The van der Waals surface area contributed by atoms with Crippen LogP contribution in [-0.4, -0.2) is 0 Å². The van der Waals surface area contributed by atoms with E-state index in [0.717, 1.165) is 12.3 Å². The smallest absolute Gasteiger partial charge is 0.0172 e. The molecule has 0 N–H and O–H groups in total. The van der Waals surface area contributed by atoms with Gasteiger partial charge in [-0.3, -0.25) is 0 Å². The third-order valence-electron chi connectivity index (χ3n) is 1.90. The van der Waals surface area contributed by atoms with Crippen molar-refractivity contribution in [2.75, 3.05) is 0 Å². The summed E-state index contributed by atoms with van der Waals surface area (Å²) in [4.78, 5) is 0. The molecule has 0 saturated heterocycles. The average molecular weight is 152 g/mol. The van der Waals surface area contributed by atoms with Crippen molar-refractivity contribution in [1.82, 2.24) is 0 Å². The van der Waals surface area contributed by atoms with Crippen LogP contribution in [0, 0.1) is 11.8 Å². The van der Waals surface area contributed by atoms with Crippen LogP contribution in [0.3, 0.4) is 0 Å². The van der Waals surface area contributed by atoms with Gasteiger partial charge in [-0.1, -0.05) is 32.1 Å². The molecule has 0 heteroatoms. The van der Waals surface area contributed by atoms with Crippen LogP contribution in [0.1, 0.15) is 33.6 Å². The van der Waals surface area contributed by atoms with Crippen LogP contribution in [0.5, 0.6) is 0 Å². The van der Waals surface area contributed by atoms with Crippen molar-refractivity contribution in [3.05, 3.63) is 24.8 Å². The van der Waals surface area contributed by atoms with E-state index in [0.29, 0.717) is 5.92 Å². The Balaban J connectivity index is 3.88. The van der Waals surface area contributed by atoms with Gasteiger partial charge in [0.25, 0.3) is 0 Å². The summed E-state index contributed by atoms with van der Waals surface area (Å²) in [6.45, 7) is 14.3. The predicted molar refractivity (Wildman–Crippen MR) is 52.6 cm³/mol. The minimum absolute atomic E-state index is 0.646. The predicted octanol–water partition coefficient (Wildman–Crippen LogP) is 3.80. The number of hydrogen-bond acceptors (Lipinski definition) is 0. The molecule has 1 unspecified atom stereocenters. The van der Waals surface area contributed by atoms with Crippen LogP contribution in [0.2, 0.25) is 0 Å². The first-order valence-corrected chi connectivity index (χ1v) is 4.34. The molecule has 1 atom stereocenters. The second-order valence-electron chi connectivity index (χ2n) is 3.70. The molecule has 11 heavy (non-hydrogen) atoms. The van der Waals surface area contributed by atoms with Gasteiger partial charge in [0.2, 0.25) is 0 Å². The lowest BCUT2D eigenvalue weighted by Gasteiger charge is -2.16. The maximum Gasteiger partial charge on any atom is -0.0172 e. The zero-order chi connectivity index (χ0) is 8.85. The maximum absolute atomic E-state index is 3.98. The largest absolute Gasteiger partial charge is 0.103 e. The SMILES string of the molecule is C=CCC(CC(C)C)C(=C)C. The molecule has 0 aromatic rings. The zero-order valence-electron chi connectivity index (χ0n) is 8.06. The monoisotopic (exact) mass is 152 g/mol. The Morgan fingerprint density at radius 1 is 1.45 bits per heavy atom. The molecular formula is C11H20. The fourth-order valence-corrected chi connectivity index (χ4v) is 1.27. The van der Waals surface area contributed by atoms with Gasteiger partial charge in [-0.15, -0.1) is 6.58 Å². The fraction of sp³-hybridized carbons (Fsp3) is 0.636. The molecule has 0 amide bonds. The van der Waals surface area contributed by atoms with E-state index in [1.165, 1.54) is 12.0 Å². The van der Waals surface area contributed by atoms with Gasteiger partial charge < -0.3 is 0 Å². The van der Waals surface area contributed by atoms with E-state index in [9.17, 15) is 0 Å². The molecule has 0 radical (unpaired) electrons. The lowest BCUT2D eigenvalue weighted by atomic mass is 9.89. The fourth-order valence-electron chi connectivity index (χ4n) is 1.27. The quantitative estimate of drug-likeness (QED) is 0.526. The lowest BCUT2D eigenvalue weighted by molar-refractivity contribution is 0.462. The van der Waals surface area contributed by atoms with Crippen LogP contribution in [0.4, 0.5) is 0 Å². The highest BCUT2D eigenvalue weighted by Crippen LogP contribution is 2.21. The Hall–Kier alpha value is -0.520. The van der Waals surface area contributed by atoms with Gasteiger partial charge in [-0.2, -0.15) is 0 Å². The Morgan fingerprint density at radius 2 is 2.00 bits per heavy atom. The first-order valence-electron chi connectivity index (χ1n) is 4.34. The van der Waals surface area contributed by atoms with E-state index < -0.39 is 0 Å². The highest BCUT2D eigenvalue weighted by Gasteiger charge is 2.08. The molecule has 0 nitrogen and oxygen atoms in total. The van der Waals surface area contributed by atoms with Gasteiger partial charge in [0, 0.05) is 0 Å². The van der Waals surface area contributed by atoms with Crippen molar-refractivity contribution in [2.45, 2.75) is 33.6 Å². The summed E-state index contributed by atoms with van der Waals surface area (Å²) < 4.78 is 0. The molecule has 0 rings (SSSR count). The number of rotatable bonds is 5. The first kappa shape index (κ1) is 10.5. The normalized spacial score (nSPS) is 13.1. The van der Waals surface area contributed by atoms with Crippen molar-refractivity contribution >= 4 is 0 Å². The molecule has 0 aromatic heterocycles. The van der Waals surface area contributed by atoms with Gasteiger partial charge in [0.1, 0.15) is 0 Å². The highest BCUT2D eigenvalue weighted by atomic mass is 14.1. The summed E-state index contributed by atoms with van der Waals surface area (Å²) in [5.74, 6) is 1.41. The van der Waals surface area contributed by atoms with Crippen molar-refractivity contribution in [3.8, 4) is 0 Å². The molecule has 64 valence electrons. The van der Waals surface area contributed by atoms with Gasteiger partial charge >= 0.3 is 0 Å². The summed E-state index contributed by atoms with van der Waals surface area (Å²) >= 11 is 0. The minimum atomic E-state index is 0.646. The van der Waals surface area contributed by atoms with E-state index in [2.05, 4.69) is 33.9 Å². The van der Waals surface area contributed by atoms with Gasteiger partial charge in [0.15, 0.2) is 0 Å². The van der Waals surface area contributed by atoms with Crippen molar-refractivity contribution in [2.24, 2.45) is 11.8 Å². The first-order chi connectivity index (χ1) is 5.07. The second-order valence-corrected chi connectivity index (χ2v) is 3.70. The average Bonchev–Trinajstić information content (AvgIpc) is 1.86. The van der Waals surface area contributed by atoms with E-state index in [1.807, 2.05) is 6.08 Å². The van der Waals surface area contributed by atoms with E-state index in [-0.39, 0.29) is 0 Å². The Bertz CT molecular complexity index is 131. The van der Waals surface area contributed by atoms with Crippen LogP contribution >= 0.6 is 0 Å². The topological polar surface area (TPSA) is 0 Å². The number of allylic oxidation sites excluding steroid dienone is 2. The molecular weight excluding hydrogens is 132 g/mol. The van der Waals surface area contributed by atoms with Gasteiger partial charge in [0.05, 0.1) is 0 Å². The molecule has 0 aliphatic carbocycles. The van der Waals surface area contributed by atoms with E-state index in [1.54, 1.807) is 0 Å². The van der Waals surface area contributed by atoms with E-state index >= 15 is 0 Å². The van der Waals surface area contributed by atoms with Crippen LogP contribution < -0.4 is 0 Å². The Morgan fingerprint density at radius 3 is 2.27 bits per heavy atom. The summed E-state index contributed by atoms with van der Waals surface area (Å²) in [7, 11) is 0. The Labute approximate surface area is 71.0 Å². The van der Waals surface area contributed by atoms with Gasteiger partial charge in [-0.25, -0.2) is 0 Å². The lowest BCUT2D eigenvalue weighted by Crippen LogP contribution is -2.04. The molecule has 0 aliphatic rings. The van der Waals surface area contributed by atoms with E-state index in [4.69, 9.17) is 0 Å². The summed E-state index contributed by atoms with van der Waals surface area (Å²) in [6, 6.07) is 0. The second kappa shape index (κ2) is 5.17. The summed E-state index contributed by atoms with van der Waals surface area (Å²) in [6.07, 6.45) is 4.30. The highest BCUT2D eigenvalue weighted by molar-refractivity contribution is 4.98. The summed E-state index contributed by atoms with van der Waals surface area (Å²) in [5.41, 5.74) is 1.29. The molecule has 0 spiro atoms. The maximum atomic E-state index is 3.98. The van der Waals surface area contributed by atoms with Crippen LogP contribution in [0.15, 0.2) is 24.8 Å². The molecule has 0 aromatic carbocycles. The number of hydrogen-bond donors (Lipinski definition) is 0. The third kappa shape index (κ3) is 4.83. The van der Waals surface area contributed by atoms with Crippen LogP contribution in [-0.2, 0) is 0 Å². The molecule has 0 bridgehead atoms. The van der Waals surface area contributed by atoms with Crippen LogP contribution in [0.25, 0.3) is 0 Å². The molecule has 0 aliphatic heterocycles. The molecule has 0 fully saturated rings. The summed E-state index contributed by atoms with van der Waals surface area (Å²) in [5, 5.41) is 0. The third-order valence-corrected chi connectivity index (χ3v) is 1.90. The van der Waals surface area contributed by atoms with Gasteiger partial charge in [-0.05, 0) is 31.6 Å². The minimum Gasteiger partial charge on any atom is -0.103 e. The Kier molecular flexibility index (Phi) is 4.93. The van der Waals surface area contributed by atoms with Crippen molar-refractivity contribution in [3.63, 3.8) is 0 Å². The molecule has 0 saturated carbocycles. The van der Waals surface area contributed by atoms with Crippen molar-refractivity contribution < 1.29 is 0 Å². The standard InChI is InChI=1S/C11H20/c1-6-7-11(10(4)5)8-9(2)3/h6,9,11H,1,4,7-8H2,2-3,5H3.